The second-order valence-corrected chi connectivity index (χ2v) is 10.3. The van der Waals surface area contributed by atoms with Crippen LogP contribution < -0.4 is 4.74 Å². The number of aliphatic hydroxyl groups excluding tert-OH is 1. The van der Waals surface area contributed by atoms with Gasteiger partial charge in [0.2, 0.25) is 0 Å². The lowest BCUT2D eigenvalue weighted by atomic mass is 10.1. The minimum Gasteiger partial charge on any atom is -0.491 e. The molecule has 0 saturated carbocycles. The van der Waals surface area contributed by atoms with Crippen molar-refractivity contribution in [3.63, 3.8) is 0 Å². The molecule has 1 aromatic rings. The van der Waals surface area contributed by atoms with Crippen LogP contribution in [0.5, 0.6) is 5.75 Å². The number of benzene rings is 1. The lowest BCUT2D eigenvalue weighted by molar-refractivity contribution is 0.0561. The molecule has 2 fully saturated rings. The van der Waals surface area contributed by atoms with E-state index in [-0.39, 0.29) is 6.61 Å². The molecule has 4 rings (SSSR count). The molecule has 0 amide bonds. The van der Waals surface area contributed by atoms with Crippen LogP contribution in [0.1, 0.15) is 36.8 Å². The zero-order chi connectivity index (χ0) is 20.3. The number of piperidine rings is 1. The van der Waals surface area contributed by atoms with Gasteiger partial charge in [0, 0.05) is 45.8 Å². The first-order chi connectivity index (χ1) is 14.0. The Kier molecular flexibility index (Phi) is 6.76. The third kappa shape index (κ3) is 5.11. The summed E-state index contributed by atoms with van der Waals surface area (Å²) in [7, 11) is -3.34. The highest BCUT2D eigenvalue weighted by molar-refractivity contribution is 7.86. The zero-order valence-corrected chi connectivity index (χ0v) is 17.9. The fourth-order valence-electron chi connectivity index (χ4n) is 4.58. The number of aryl methyl sites for hydroxylation is 2. The average molecular weight is 424 g/mol. The van der Waals surface area contributed by atoms with E-state index in [0.717, 1.165) is 37.9 Å². The largest absolute Gasteiger partial charge is 0.491 e. The normalized spacial score (nSPS) is 23.1. The van der Waals surface area contributed by atoms with Crippen molar-refractivity contribution < 1.29 is 18.3 Å². The van der Waals surface area contributed by atoms with Crippen LogP contribution in [0, 0.1) is 0 Å². The minimum atomic E-state index is -3.34. The van der Waals surface area contributed by atoms with Crippen molar-refractivity contribution in [1.82, 2.24) is 13.5 Å². The first-order valence-electron chi connectivity index (χ1n) is 10.9. The van der Waals surface area contributed by atoms with E-state index in [0.29, 0.717) is 45.8 Å². The Morgan fingerprint density at radius 2 is 1.59 bits per heavy atom. The quantitative estimate of drug-likeness (QED) is 0.715. The highest BCUT2D eigenvalue weighted by Crippen LogP contribution is 2.26. The van der Waals surface area contributed by atoms with Crippen molar-refractivity contribution in [3.8, 4) is 5.75 Å². The van der Waals surface area contributed by atoms with Gasteiger partial charge in [0.1, 0.15) is 18.5 Å². The molecule has 1 aliphatic carbocycles. The second-order valence-electron chi connectivity index (χ2n) is 8.42. The molecule has 3 aliphatic rings. The van der Waals surface area contributed by atoms with Crippen LogP contribution in [-0.4, -0.2) is 85.6 Å². The Hall–Kier alpha value is -1.19. The molecule has 2 heterocycles. The molecule has 29 heavy (non-hydrogen) atoms. The summed E-state index contributed by atoms with van der Waals surface area (Å²) in [6, 6.07) is 6.21. The second kappa shape index (κ2) is 9.31. The van der Waals surface area contributed by atoms with E-state index in [1.54, 1.807) is 8.61 Å². The van der Waals surface area contributed by atoms with Crippen molar-refractivity contribution in [2.75, 3.05) is 52.4 Å². The third-order valence-electron chi connectivity index (χ3n) is 6.28. The van der Waals surface area contributed by atoms with E-state index in [1.807, 2.05) is 6.07 Å². The maximum absolute atomic E-state index is 12.8. The van der Waals surface area contributed by atoms with Crippen molar-refractivity contribution in [2.24, 2.45) is 0 Å². The molecule has 2 aliphatic heterocycles. The molecule has 0 radical (unpaired) electrons. The summed E-state index contributed by atoms with van der Waals surface area (Å²) in [5, 5.41) is 10.4. The minimum absolute atomic E-state index is 0.255. The molecule has 7 nitrogen and oxygen atoms in total. The Balaban J connectivity index is 1.21. The van der Waals surface area contributed by atoms with Gasteiger partial charge < -0.3 is 9.84 Å². The number of hydrogen-bond acceptors (Lipinski definition) is 5. The summed E-state index contributed by atoms with van der Waals surface area (Å²) in [6.45, 7) is 4.29. The monoisotopic (exact) mass is 423 g/mol. The molecular weight excluding hydrogens is 390 g/mol. The van der Waals surface area contributed by atoms with Gasteiger partial charge in [-0.3, -0.25) is 4.90 Å². The molecule has 1 N–H and O–H groups in total. The van der Waals surface area contributed by atoms with Crippen LogP contribution in [-0.2, 0) is 23.1 Å². The van der Waals surface area contributed by atoms with Gasteiger partial charge in [-0.1, -0.05) is 12.5 Å². The van der Waals surface area contributed by atoms with E-state index < -0.39 is 16.3 Å². The molecule has 162 valence electrons. The van der Waals surface area contributed by atoms with Crippen LogP contribution >= 0.6 is 0 Å². The molecule has 2 saturated heterocycles. The van der Waals surface area contributed by atoms with E-state index in [1.165, 1.54) is 17.5 Å². The summed E-state index contributed by atoms with van der Waals surface area (Å²) in [5.74, 6) is 0.821. The number of fused-ring (bicyclic) bond motifs is 1. The molecule has 1 unspecified atom stereocenters. The Morgan fingerprint density at radius 3 is 2.34 bits per heavy atom. The molecule has 0 spiro atoms. The summed E-state index contributed by atoms with van der Waals surface area (Å²) in [4.78, 5) is 2.12. The summed E-state index contributed by atoms with van der Waals surface area (Å²) < 4.78 is 34.6. The SMILES string of the molecule is O=S(=O)(N1CCCCC1)N1CCN(CC(O)COc2ccc3c(c2)CCC3)CC1. The van der Waals surface area contributed by atoms with Crippen molar-refractivity contribution in [2.45, 2.75) is 44.6 Å². The number of nitrogens with zero attached hydrogens (tertiary/aromatic N) is 3. The van der Waals surface area contributed by atoms with Gasteiger partial charge in [0.25, 0.3) is 10.2 Å². The number of hydrogen-bond donors (Lipinski definition) is 1. The van der Waals surface area contributed by atoms with Gasteiger partial charge in [-0.15, -0.1) is 0 Å². The standard InChI is InChI=1S/C21H33N3O4S/c25-20(17-28-21-8-7-18-5-4-6-19(18)15-21)16-22-11-13-24(14-12-22)29(26,27)23-9-2-1-3-10-23/h7-8,15,20,25H,1-6,9-14,16-17H2. The van der Waals surface area contributed by atoms with Crippen LogP contribution in [0.2, 0.25) is 0 Å². The molecule has 1 aromatic carbocycles. The van der Waals surface area contributed by atoms with E-state index in [2.05, 4.69) is 17.0 Å². The highest BCUT2D eigenvalue weighted by atomic mass is 32.2. The topological polar surface area (TPSA) is 73.3 Å². The Labute approximate surface area is 174 Å². The van der Waals surface area contributed by atoms with Crippen LogP contribution in [0.25, 0.3) is 0 Å². The maximum Gasteiger partial charge on any atom is 0.282 e. The van der Waals surface area contributed by atoms with Gasteiger partial charge in [0.15, 0.2) is 0 Å². The average Bonchev–Trinajstić information content (AvgIpc) is 3.21. The van der Waals surface area contributed by atoms with Crippen LogP contribution in [0.4, 0.5) is 0 Å². The first-order valence-corrected chi connectivity index (χ1v) is 12.3. The lowest BCUT2D eigenvalue weighted by Gasteiger charge is -2.38. The van der Waals surface area contributed by atoms with Gasteiger partial charge in [-0.2, -0.15) is 17.0 Å². The summed E-state index contributed by atoms with van der Waals surface area (Å²) in [6.07, 6.45) is 5.91. The molecule has 8 heteroatoms. The van der Waals surface area contributed by atoms with Gasteiger partial charge in [0.05, 0.1) is 0 Å². The van der Waals surface area contributed by atoms with E-state index >= 15 is 0 Å². The smallest absolute Gasteiger partial charge is 0.282 e. The molecular formula is C21H33N3O4S. The third-order valence-corrected chi connectivity index (χ3v) is 8.32. The van der Waals surface area contributed by atoms with Crippen molar-refractivity contribution in [3.05, 3.63) is 29.3 Å². The fourth-order valence-corrected chi connectivity index (χ4v) is 6.25. The molecule has 1 atom stereocenters. The number of β-amino-alcohol motifs (C(OH)–C–C–N with tert-alkyl or cyclic N) is 1. The van der Waals surface area contributed by atoms with Crippen LogP contribution in [0.15, 0.2) is 18.2 Å². The van der Waals surface area contributed by atoms with Gasteiger partial charge >= 0.3 is 0 Å². The summed E-state index contributed by atoms with van der Waals surface area (Å²) in [5.41, 5.74) is 2.78. The lowest BCUT2D eigenvalue weighted by Crippen LogP contribution is -2.54. The Bertz CT molecular complexity index is 787. The molecule has 0 bridgehead atoms. The molecule has 0 aromatic heterocycles. The van der Waals surface area contributed by atoms with Gasteiger partial charge in [-0.25, -0.2) is 0 Å². The first kappa shape index (κ1) is 21.1. The number of ether oxygens (including phenoxy) is 1. The highest BCUT2D eigenvalue weighted by Gasteiger charge is 2.33. The van der Waals surface area contributed by atoms with E-state index in [9.17, 15) is 13.5 Å². The van der Waals surface area contributed by atoms with E-state index in [4.69, 9.17) is 4.74 Å². The number of aliphatic hydroxyl groups is 1. The number of rotatable bonds is 7. The maximum atomic E-state index is 12.8. The number of piperazine rings is 1. The van der Waals surface area contributed by atoms with Crippen LogP contribution in [0.3, 0.4) is 0 Å². The Morgan fingerprint density at radius 1 is 0.897 bits per heavy atom. The predicted molar refractivity (Wildman–Crippen MR) is 112 cm³/mol. The predicted octanol–water partition coefficient (Wildman–Crippen LogP) is 1.26. The van der Waals surface area contributed by atoms with Gasteiger partial charge in [-0.05, 0) is 55.4 Å². The van der Waals surface area contributed by atoms with Crippen molar-refractivity contribution >= 4 is 10.2 Å². The van der Waals surface area contributed by atoms with Crippen molar-refractivity contribution in [1.29, 1.82) is 0 Å². The zero-order valence-electron chi connectivity index (χ0n) is 17.1. The summed E-state index contributed by atoms with van der Waals surface area (Å²) >= 11 is 0. The fraction of sp³-hybridized carbons (Fsp3) is 0.714.